The van der Waals surface area contributed by atoms with Crippen molar-refractivity contribution in [2.75, 3.05) is 24.7 Å². The predicted molar refractivity (Wildman–Crippen MR) is 82.4 cm³/mol. The Morgan fingerprint density at radius 3 is 2.30 bits per heavy atom. The molecule has 20 heavy (non-hydrogen) atoms. The molecule has 0 unspecified atom stereocenters. The van der Waals surface area contributed by atoms with Crippen LogP contribution in [0.15, 0.2) is 36.4 Å². The average molecular weight is 293 g/mol. The van der Waals surface area contributed by atoms with Crippen LogP contribution in [0.25, 0.3) is 0 Å². The van der Waals surface area contributed by atoms with Crippen LogP contribution < -0.4 is 20.9 Å². The van der Waals surface area contributed by atoms with Crippen LogP contribution in [0.4, 0.5) is 11.4 Å². The SMILES string of the molecule is Cc1cc(OCCOc2ccccc2N)c(N)cc1Cl. The number of para-hydroxylation sites is 2. The first-order valence-corrected chi connectivity index (χ1v) is 6.61. The van der Waals surface area contributed by atoms with Gasteiger partial charge in [-0.3, -0.25) is 0 Å². The number of anilines is 2. The number of nitrogen functional groups attached to an aromatic ring is 2. The minimum absolute atomic E-state index is 0.375. The monoisotopic (exact) mass is 292 g/mol. The molecule has 0 atom stereocenters. The fourth-order valence-corrected chi connectivity index (χ4v) is 1.88. The predicted octanol–water partition coefficient (Wildman–Crippen LogP) is 3.27. The van der Waals surface area contributed by atoms with Gasteiger partial charge in [0.1, 0.15) is 24.7 Å². The van der Waals surface area contributed by atoms with E-state index in [1.54, 1.807) is 12.1 Å². The fraction of sp³-hybridized carbons (Fsp3) is 0.200. The van der Waals surface area contributed by atoms with Crippen LogP contribution in [0.5, 0.6) is 11.5 Å². The number of aryl methyl sites for hydroxylation is 1. The molecule has 0 aromatic heterocycles. The Labute approximate surface area is 123 Å². The Morgan fingerprint density at radius 1 is 0.950 bits per heavy atom. The Kier molecular flexibility index (Phi) is 4.58. The molecule has 0 radical (unpaired) electrons. The molecular formula is C15H17ClN2O2. The third-order valence-electron chi connectivity index (χ3n) is 2.81. The summed E-state index contributed by atoms with van der Waals surface area (Å²) in [6.07, 6.45) is 0. The van der Waals surface area contributed by atoms with E-state index in [9.17, 15) is 0 Å². The molecule has 0 fully saturated rings. The van der Waals surface area contributed by atoms with Gasteiger partial charge in [-0.1, -0.05) is 23.7 Å². The van der Waals surface area contributed by atoms with Crippen LogP contribution in [0.3, 0.4) is 0 Å². The van der Waals surface area contributed by atoms with Gasteiger partial charge in [0, 0.05) is 5.02 Å². The summed E-state index contributed by atoms with van der Waals surface area (Å²) in [6.45, 7) is 2.66. The van der Waals surface area contributed by atoms with Gasteiger partial charge in [-0.2, -0.15) is 0 Å². The third kappa shape index (κ3) is 3.48. The molecule has 2 aromatic rings. The largest absolute Gasteiger partial charge is 0.488 e. The summed E-state index contributed by atoms with van der Waals surface area (Å²) in [5, 5.41) is 0.628. The molecule has 0 saturated heterocycles. The molecule has 0 aliphatic rings. The van der Waals surface area contributed by atoms with Crippen LogP contribution in [0.1, 0.15) is 5.56 Å². The first-order chi connectivity index (χ1) is 9.58. The molecule has 0 bridgehead atoms. The highest BCUT2D eigenvalue weighted by atomic mass is 35.5. The van der Waals surface area contributed by atoms with E-state index < -0.39 is 0 Å². The molecule has 2 rings (SSSR count). The van der Waals surface area contributed by atoms with Gasteiger partial charge in [0.2, 0.25) is 0 Å². The summed E-state index contributed by atoms with van der Waals surface area (Å²) in [5.41, 5.74) is 13.7. The maximum atomic E-state index is 5.97. The Morgan fingerprint density at radius 2 is 1.60 bits per heavy atom. The summed E-state index contributed by atoms with van der Waals surface area (Å²) in [5.74, 6) is 1.26. The lowest BCUT2D eigenvalue weighted by molar-refractivity contribution is 0.218. The van der Waals surface area contributed by atoms with Gasteiger partial charge >= 0.3 is 0 Å². The van der Waals surface area contributed by atoms with Gasteiger partial charge in [-0.05, 0) is 36.8 Å². The molecule has 0 amide bonds. The van der Waals surface area contributed by atoms with Gasteiger partial charge in [-0.15, -0.1) is 0 Å². The highest BCUT2D eigenvalue weighted by molar-refractivity contribution is 6.31. The number of ether oxygens (including phenoxy) is 2. The fourth-order valence-electron chi connectivity index (χ4n) is 1.71. The molecule has 4 nitrogen and oxygen atoms in total. The minimum atomic E-state index is 0.375. The first kappa shape index (κ1) is 14.3. The summed E-state index contributed by atoms with van der Waals surface area (Å²) >= 11 is 5.97. The molecule has 2 aromatic carbocycles. The van der Waals surface area contributed by atoms with E-state index >= 15 is 0 Å². The maximum absolute atomic E-state index is 5.97. The molecule has 0 aliphatic carbocycles. The van der Waals surface area contributed by atoms with Crippen molar-refractivity contribution in [3.63, 3.8) is 0 Å². The van der Waals surface area contributed by atoms with Gasteiger partial charge in [0.15, 0.2) is 0 Å². The molecular weight excluding hydrogens is 276 g/mol. The van der Waals surface area contributed by atoms with Crippen molar-refractivity contribution in [3.05, 3.63) is 47.0 Å². The smallest absolute Gasteiger partial charge is 0.142 e. The Bertz CT molecular complexity index is 602. The topological polar surface area (TPSA) is 70.5 Å². The molecule has 5 heteroatoms. The molecule has 0 heterocycles. The quantitative estimate of drug-likeness (QED) is 0.655. The lowest BCUT2D eigenvalue weighted by Crippen LogP contribution is -2.10. The Balaban J connectivity index is 1.88. The van der Waals surface area contributed by atoms with Crippen molar-refractivity contribution in [2.45, 2.75) is 6.92 Å². The first-order valence-electron chi connectivity index (χ1n) is 6.23. The van der Waals surface area contributed by atoms with Crippen LogP contribution in [0.2, 0.25) is 5.02 Å². The summed E-state index contributed by atoms with van der Waals surface area (Å²) < 4.78 is 11.1. The van der Waals surface area contributed by atoms with Crippen LogP contribution in [0, 0.1) is 6.92 Å². The lowest BCUT2D eigenvalue weighted by atomic mass is 10.2. The van der Waals surface area contributed by atoms with E-state index in [4.69, 9.17) is 32.5 Å². The van der Waals surface area contributed by atoms with Crippen molar-refractivity contribution in [3.8, 4) is 11.5 Å². The molecule has 0 aliphatic heterocycles. The van der Waals surface area contributed by atoms with Crippen molar-refractivity contribution in [2.24, 2.45) is 0 Å². The van der Waals surface area contributed by atoms with E-state index in [0.717, 1.165) is 5.56 Å². The van der Waals surface area contributed by atoms with E-state index in [1.165, 1.54) is 0 Å². The zero-order valence-corrected chi connectivity index (χ0v) is 12.0. The van der Waals surface area contributed by atoms with Gasteiger partial charge in [-0.25, -0.2) is 0 Å². The van der Waals surface area contributed by atoms with Crippen molar-refractivity contribution in [1.29, 1.82) is 0 Å². The van der Waals surface area contributed by atoms with Crippen LogP contribution in [-0.2, 0) is 0 Å². The summed E-state index contributed by atoms with van der Waals surface area (Å²) in [7, 11) is 0. The van der Waals surface area contributed by atoms with Crippen molar-refractivity contribution in [1.82, 2.24) is 0 Å². The number of rotatable bonds is 5. The van der Waals surface area contributed by atoms with Crippen molar-refractivity contribution >= 4 is 23.0 Å². The summed E-state index contributed by atoms with van der Waals surface area (Å²) in [6, 6.07) is 10.8. The lowest BCUT2D eigenvalue weighted by Gasteiger charge is -2.12. The summed E-state index contributed by atoms with van der Waals surface area (Å²) in [4.78, 5) is 0. The van der Waals surface area contributed by atoms with E-state index in [-0.39, 0.29) is 0 Å². The molecule has 0 saturated carbocycles. The number of hydrogen-bond acceptors (Lipinski definition) is 4. The van der Waals surface area contributed by atoms with Crippen LogP contribution >= 0.6 is 11.6 Å². The van der Waals surface area contributed by atoms with Crippen molar-refractivity contribution < 1.29 is 9.47 Å². The number of benzene rings is 2. The second-order valence-corrected chi connectivity index (χ2v) is 4.78. The molecule has 0 spiro atoms. The standard InChI is InChI=1S/C15H17ClN2O2/c1-10-8-15(13(18)9-11(10)16)20-7-6-19-14-5-3-2-4-12(14)17/h2-5,8-9H,6-7,17-18H2,1H3. The number of halogens is 1. The number of hydrogen-bond donors (Lipinski definition) is 2. The van der Waals surface area contributed by atoms with Gasteiger partial charge < -0.3 is 20.9 Å². The molecule has 106 valence electrons. The second kappa shape index (κ2) is 6.39. The second-order valence-electron chi connectivity index (χ2n) is 4.37. The Hall–Kier alpha value is -2.07. The average Bonchev–Trinajstić information content (AvgIpc) is 2.42. The highest BCUT2D eigenvalue weighted by Crippen LogP contribution is 2.28. The maximum Gasteiger partial charge on any atom is 0.142 e. The molecule has 4 N–H and O–H groups in total. The minimum Gasteiger partial charge on any atom is -0.488 e. The van der Waals surface area contributed by atoms with Gasteiger partial charge in [0.05, 0.1) is 11.4 Å². The van der Waals surface area contributed by atoms with E-state index in [1.807, 2.05) is 31.2 Å². The normalized spacial score (nSPS) is 10.3. The van der Waals surface area contributed by atoms with Gasteiger partial charge in [0.25, 0.3) is 0 Å². The zero-order chi connectivity index (χ0) is 14.5. The zero-order valence-electron chi connectivity index (χ0n) is 11.2. The number of nitrogens with two attached hydrogens (primary N) is 2. The van der Waals surface area contributed by atoms with E-state index in [0.29, 0.717) is 41.1 Å². The highest BCUT2D eigenvalue weighted by Gasteiger charge is 2.05. The van der Waals surface area contributed by atoms with E-state index in [2.05, 4.69) is 0 Å². The van der Waals surface area contributed by atoms with Crippen LogP contribution in [-0.4, -0.2) is 13.2 Å². The third-order valence-corrected chi connectivity index (χ3v) is 3.22.